The summed E-state index contributed by atoms with van der Waals surface area (Å²) in [6.07, 6.45) is 1.49. The summed E-state index contributed by atoms with van der Waals surface area (Å²) in [7, 11) is -0.721. The summed E-state index contributed by atoms with van der Waals surface area (Å²) in [5.74, 6) is -3.09. The third kappa shape index (κ3) is 5.75. The number of nitrogens with two attached hydrogens (primary N) is 1. The van der Waals surface area contributed by atoms with Crippen molar-refractivity contribution in [2.75, 3.05) is 31.8 Å². The molecule has 186 valence electrons. The Morgan fingerprint density at radius 3 is 2.29 bits per heavy atom. The van der Waals surface area contributed by atoms with Crippen LogP contribution in [0.4, 0.5) is 26.1 Å². The minimum Gasteiger partial charge on any atom is -0.493 e. The topological polar surface area (TPSA) is 115 Å². The fraction of sp³-hybridized carbons (Fsp3) is 0.250. The molecule has 0 atom stereocenters. The molecule has 35 heavy (non-hydrogen) atoms. The summed E-state index contributed by atoms with van der Waals surface area (Å²) in [6, 6.07) is 10.5. The maximum Gasteiger partial charge on any atom is 0.242 e. The summed E-state index contributed by atoms with van der Waals surface area (Å²) < 4.78 is 59.9. The molecule has 3 aromatic rings. The molecule has 0 saturated carbocycles. The van der Waals surface area contributed by atoms with E-state index in [4.69, 9.17) is 10.5 Å². The van der Waals surface area contributed by atoms with Crippen molar-refractivity contribution in [3.63, 3.8) is 0 Å². The second-order valence-electron chi connectivity index (χ2n) is 7.83. The van der Waals surface area contributed by atoms with Gasteiger partial charge in [-0.15, -0.1) is 0 Å². The SMILES string of the molecule is CCCCOc1cc(Nc2ccc(S(=O)(=O)N(C)C)cc2)nc(N)c1C(=O)c1c(F)cccc1F. The minimum absolute atomic E-state index is 0.0212. The number of sulfonamides is 1. The Morgan fingerprint density at radius 2 is 1.71 bits per heavy atom. The first-order valence-corrected chi connectivity index (χ1v) is 12.2. The number of halogens is 2. The number of hydrogen-bond donors (Lipinski definition) is 2. The van der Waals surface area contributed by atoms with E-state index in [9.17, 15) is 22.0 Å². The van der Waals surface area contributed by atoms with Crippen LogP contribution >= 0.6 is 0 Å². The number of unbranched alkanes of at least 4 members (excludes halogenated alkanes) is 1. The monoisotopic (exact) mass is 504 g/mol. The van der Waals surface area contributed by atoms with Crippen molar-refractivity contribution in [1.29, 1.82) is 0 Å². The molecular weight excluding hydrogens is 478 g/mol. The van der Waals surface area contributed by atoms with Crippen LogP contribution < -0.4 is 15.8 Å². The fourth-order valence-corrected chi connectivity index (χ4v) is 4.08. The summed E-state index contributed by atoms with van der Waals surface area (Å²) in [4.78, 5) is 17.3. The van der Waals surface area contributed by atoms with Gasteiger partial charge in [0, 0.05) is 25.8 Å². The molecule has 0 aliphatic heterocycles. The number of rotatable bonds is 10. The van der Waals surface area contributed by atoms with Crippen molar-refractivity contribution in [2.45, 2.75) is 24.7 Å². The number of pyridine rings is 1. The van der Waals surface area contributed by atoms with Crippen LogP contribution in [0.3, 0.4) is 0 Å². The molecule has 3 N–H and O–H groups in total. The highest BCUT2D eigenvalue weighted by Gasteiger charge is 2.26. The number of ether oxygens (including phenoxy) is 1. The quantitative estimate of drug-likeness (QED) is 0.312. The molecule has 1 aromatic heterocycles. The Hall–Kier alpha value is -3.57. The van der Waals surface area contributed by atoms with Crippen molar-refractivity contribution in [1.82, 2.24) is 9.29 Å². The smallest absolute Gasteiger partial charge is 0.242 e. The molecule has 0 aliphatic rings. The van der Waals surface area contributed by atoms with Crippen molar-refractivity contribution in [2.24, 2.45) is 0 Å². The molecule has 0 unspecified atom stereocenters. The lowest BCUT2D eigenvalue weighted by Crippen LogP contribution is -2.22. The maximum absolute atomic E-state index is 14.3. The minimum atomic E-state index is -3.59. The summed E-state index contributed by atoms with van der Waals surface area (Å²) in [5.41, 5.74) is 5.55. The Bertz CT molecular complexity index is 1310. The van der Waals surface area contributed by atoms with Crippen LogP contribution in [0.25, 0.3) is 0 Å². The van der Waals surface area contributed by atoms with Gasteiger partial charge in [0.25, 0.3) is 0 Å². The van der Waals surface area contributed by atoms with Crippen LogP contribution in [0.1, 0.15) is 35.7 Å². The lowest BCUT2D eigenvalue weighted by atomic mass is 10.0. The average molecular weight is 505 g/mol. The molecule has 0 aliphatic carbocycles. The fourth-order valence-electron chi connectivity index (χ4n) is 3.18. The summed E-state index contributed by atoms with van der Waals surface area (Å²) in [6.45, 7) is 2.20. The van der Waals surface area contributed by atoms with Gasteiger partial charge in [-0.2, -0.15) is 0 Å². The van der Waals surface area contributed by atoms with Gasteiger partial charge < -0.3 is 15.8 Å². The van der Waals surface area contributed by atoms with E-state index in [0.717, 1.165) is 28.9 Å². The van der Waals surface area contributed by atoms with Crippen molar-refractivity contribution >= 4 is 33.1 Å². The van der Waals surface area contributed by atoms with Gasteiger partial charge in [0.1, 0.15) is 34.6 Å². The third-order valence-electron chi connectivity index (χ3n) is 5.09. The van der Waals surface area contributed by atoms with Crippen molar-refractivity contribution < 1.29 is 26.7 Å². The normalized spacial score (nSPS) is 11.5. The average Bonchev–Trinajstić information content (AvgIpc) is 2.79. The van der Waals surface area contributed by atoms with Crippen molar-refractivity contribution in [3.05, 3.63) is 71.3 Å². The second kappa shape index (κ2) is 10.8. The molecule has 11 heteroatoms. The van der Waals surface area contributed by atoms with Crippen molar-refractivity contribution in [3.8, 4) is 5.75 Å². The van der Waals surface area contributed by atoms with E-state index in [2.05, 4.69) is 10.3 Å². The van der Waals surface area contributed by atoms with E-state index in [1.54, 1.807) is 12.1 Å². The Kier molecular flexibility index (Phi) is 8.03. The lowest BCUT2D eigenvalue weighted by Gasteiger charge is -2.16. The van der Waals surface area contributed by atoms with Gasteiger partial charge >= 0.3 is 0 Å². The van der Waals surface area contributed by atoms with Gasteiger partial charge in [-0.3, -0.25) is 4.79 Å². The first-order valence-electron chi connectivity index (χ1n) is 10.8. The number of nitrogens with one attached hydrogen (secondary N) is 1. The molecule has 2 aromatic carbocycles. The zero-order chi connectivity index (χ0) is 25.8. The molecule has 1 heterocycles. The van der Waals surface area contributed by atoms with Gasteiger partial charge in [0.05, 0.1) is 17.1 Å². The van der Waals surface area contributed by atoms with Crippen LogP contribution in [-0.2, 0) is 10.0 Å². The first-order chi connectivity index (χ1) is 16.6. The number of anilines is 3. The van der Waals surface area contributed by atoms with E-state index in [1.807, 2.05) is 6.92 Å². The highest BCUT2D eigenvalue weighted by molar-refractivity contribution is 7.89. The number of nitrogen functional groups attached to an aromatic ring is 1. The molecule has 0 radical (unpaired) electrons. The van der Waals surface area contributed by atoms with E-state index < -0.39 is 33.0 Å². The second-order valence-corrected chi connectivity index (χ2v) is 9.98. The van der Waals surface area contributed by atoms with E-state index in [1.165, 1.54) is 32.3 Å². The van der Waals surface area contributed by atoms with Gasteiger partial charge in [-0.05, 0) is 42.8 Å². The van der Waals surface area contributed by atoms with Crippen LogP contribution in [0, 0.1) is 11.6 Å². The highest BCUT2D eigenvalue weighted by Crippen LogP contribution is 2.32. The molecular formula is C24H26F2N4O4S. The van der Waals surface area contributed by atoms with Crippen LogP contribution in [0.2, 0.25) is 0 Å². The molecule has 0 spiro atoms. The number of hydrogen-bond acceptors (Lipinski definition) is 7. The van der Waals surface area contributed by atoms with Gasteiger partial charge in [0.2, 0.25) is 15.8 Å². The lowest BCUT2D eigenvalue weighted by molar-refractivity contribution is 0.102. The van der Waals surface area contributed by atoms with Crippen LogP contribution in [-0.4, -0.2) is 44.2 Å². The maximum atomic E-state index is 14.3. The van der Waals surface area contributed by atoms with Gasteiger partial charge in [0.15, 0.2) is 0 Å². The predicted octanol–water partition coefficient (Wildman–Crippen LogP) is 4.35. The Labute approximate surface area is 202 Å². The predicted molar refractivity (Wildman–Crippen MR) is 129 cm³/mol. The zero-order valence-electron chi connectivity index (χ0n) is 19.5. The van der Waals surface area contributed by atoms with Gasteiger partial charge in [-0.1, -0.05) is 19.4 Å². The van der Waals surface area contributed by atoms with E-state index in [0.29, 0.717) is 12.1 Å². The summed E-state index contributed by atoms with van der Waals surface area (Å²) >= 11 is 0. The summed E-state index contributed by atoms with van der Waals surface area (Å²) in [5, 5.41) is 2.97. The number of carbonyl (C=O) groups is 1. The molecule has 0 saturated heterocycles. The third-order valence-corrected chi connectivity index (χ3v) is 6.92. The Balaban J connectivity index is 1.98. The first kappa shape index (κ1) is 26.0. The molecule has 8 nitrogen and oxygen atoms in total. The van der Waals surface area contributed by atoms with Crippen LogP contribution in [0.5, 0.6) is 5.75 Å². The Morgan fingerprint density at radius 1 is 1.09 bits per heavy atom. The molecule has 0 bridgehead atoms. The number of ketones is 1. The number of aromatic nitrogens is 1. The standard InChI is InChI=1S/C24H26F2N4O4S/c1-4-5-13-34-19-14-20(28-15-9-11-16(12-10-15)35(32,33)30(2)3)29-24(27)22(19)23(31)21-17(25)7-6-8-18(21)26/h6-12,14H,4-5,13H2,1-3H3,(H3,27,28,29). The van der Waals surface area contributed by atoms with E-state index >= 15 is 0 Å². The molecule has 3 rings (SSSR count). The zero-order valence-corrected chi connectivity index (χ0v) is 20.3. The largest absolute Gasteiger partial charge is 0.493 e. The number of nitrogens with zero attached hydrogens (tertiary/aromatic N) is 2. The van der Waals surface area contributed by atoms with E-state index in [-0.39, 0.29) is 34.5 Å². The molecule has 0 amide bonds. The van der Waals surface area contributed by atoms with Gasteiger partial charge in [-0.25, -0.2) is 26.5 Å². The highest BCUT2D eigenvalue weighted by atomic mass is 32.2. The van der Waals surface area contributed by atoms with Crippen LogP contribution in [0.15, 0.2) is 53.4 Å². The number of carbonyl (C=O) groups excluding carboxylic acids is 1. The number of benzene rings is 2. The molecule has 0 fully saturated rings.